The van der Waals surface area contributed by atoms with E-state index in [1.807, 2.05) is 4.90 Å². The number of carbonyl (C=O) groups excluding carboxylic acids is 1. The van der Waals surface area contributed by atoms with Crippen molar-refractivity contribution in [3.8, 4) is 0 Å². The SMILES string of the molecule is O=C(c1ccoc1)N1CC2CNCC(C2)C1. The molecule has 4 heteroatoms. The molecule has 1 aromatic heterocycles. The predicted molar refractivity (Wildman–Crippen MR) is 59.1 cm³/mol. The lowest BCUT2D eigenvalue weighted by atomic mass is 9.85. The highest BCUT2D eigenvalue weighted by molar-refractivity contribution is 5.93. The fourth-order valence-corrected chi connectivity index (χ4v) is 2.84. The summed E-state index contributed by atoms with van der Waals surface area (Å²) in [5.74, 6) is 1.37. The van der Waals surface area contributed by atoms with Crippen LogP contribution in [-0.2, 0) is 0 Å². The van der Waals surface area contributed by atoms with E-state index in [-0.39, 0.29) is 5.91 Å². The Balaban J connectivity index is 1.73. The lowest BCUT2D eigenvalue weighted by Gasteiger charge is -2.41. The van der Waals surface area contributed by atoms with E-state index in [9.17, 15) is 4.79 Å². The topological polar surface area (TPSA) is 45.5 Å². The second kappa shape index (κ2) is 3.94. The number of rotatable bonds is 1. The van der Waals surface area contributed by atoms with Crippen LogP contribution in [0.3, 0.4) is 0 Å². The third-order valence-electron chi connectivity index (χ3n) is 3.55. The van der Waals surface area contributed by atoms with Gasteiger partial charge in [-0.15, -0.1) is 0 Å². The van der Waals surface area contributed by atoms with Crippen molar-refractivity contribution in [3.05, 3.63) is 24.2 Å². The molecule has 4 nitrogen and oxygen atoms in total. The van der Waals surface area contributed by atoms with Crippen molar-refractivity contribution in [2.24, 2.45) is 11.8 Å². The summed E-state index contributed by atoms with van der Waals surface area (Å²) < 4.78 is 4.96. The number of nitrogens with zero attached hydrogens (tertiary/aromatic N) is 1. The number of fused-ring (bicyclic) bond motifs is 2. The molecule has 0 aromatic carbocycles. The highest BCUT2D eigenvalue weighted by Crippen LogP contribution is 2.25. The Morgan fingerprint density at radius 3 is 2.75 bits per heavy atom. The van der Waals surface area contributed by atoms with Gasteiger partial charge in [0.05, 0.1) is 11.8 Å². The average Bonchev–Trinajstić information content (AvgIpc) is 2.81. The molecule has 2 unspecified atom stereocenters. The van der Waals surface area contributed by atoms with Crippen molar-refractivity contribution >= 4 is 5.91 Å². The van der Waals surface area contributed by atoms with Crippen molar-refractivity contribution in [3.63, 3.8) is 0 Å². The number of likely N-dealkylation sites (tertiary alicyclic amines) is 1. The molecule has 0 aliphatic carbocycles. The molecule has 2 fully saturated rings. The molecule has 2 aliphatic heterocycles. The summed E-state index contributed by atoms with van der Waals surface area (Å²) >= 11 is 0. The number of hydrogen-bond donors (Lipinski definition) is 1. The zero-order chi connectivity index (χ0) is 11.0. The van der Waals surface area contributed by atoms with E-state index >= 15 is 0 Å². The van der Waals surface area contributed by atoms with Crippen LogP contribution in [0.15, 0.2) is 23.0 Å². The Hall–Kier alpha value is -1.29. The summed E-state index contributed by atoms with van der Waals surface area (Å²) in [6.45, 7) is 3.86. The molecular formula is C12H16N2O2. The van der Waals surface area contributed by atoms with Crippen LogP contribution in [-0.4, -0.2) is 37.0 Å². The van der Waals surface area contributed by atoms with E-state index in [0.29, 0.717) is 17.4 Å². The number of carbonyl (C=O) groups is 1. The van der Waals surface area contributed by atoms with Crippen LogP contribution in [0.1, 0.15) is 16.8 Å². The van der Waals surface area contributed by atoms with Crippen LogP contribution in [0.2, 0.25) is 0 Å². The molecule has 2 atom stereocenters. The molecule has 1 N–H and O–H groups in total. The van der Waals surface area contributed by atoms with Gasteiger partial charge in [-0.1, -0.05) is 0 Å². The van der Waals surface area contributed by atoms with E-state index in [4.69, 9.17) is 4.42 Å². The Morgan fingerprint density at radius 1 is 1.38 bits per heavy atom. The van der Waals surface area contributed by atoms with Gasteiger partial charge in [-0.25, -0.2) is 0 Å². The van der Waals surface area contributed by atoms with Gasteiger partial charge in [0.15, 0.2) is 0 Å². The third kappa shape index (κ3) is 1.73. The molecule has 0 saturated carbocycles. The van der Waals surface area contributed by atoms with Crippen molar-refractivity contribution in [2.75, 3.05) is 26.2 Å². The molecular weight excluding hydrogens is 204 g/mol. The third-order valence-corrected chi connectivity index (χ3v) is 3.55. The van der Waals surface area contributed by atoms with Gasteiger partial charge in [0.1, 0.15) is 6.26 Å². The Bertz CT molecular complexity index is 362. The highest BCUT2D eigenvalue weighted by Gasteiger charge is 2.32. The van der Waals surface area contributed by atoms with Gasteiger partial charge in [0, 0.05) is 13.1 Å². The summed E-state index contributed by atoms with van der Waals surface area (Å²) in [4.78, 5) is 14.1. The first-order chi connectivity index (χ1) is 7.83. The lowest BCUT2D eigenvalue weighted by Crippen LogP contribution is -2.52. The van der Waals surface area contributed by atoms with Crippen LogP contribution in [0, 0.1) is 11.8 Å². The van der Waals surface area contributed by atoms with E-state index in [1.54, 1.807) is 12.3 Å². The Kier molecular flexibility index (Phi) is 2.44. The number of furan rings is 1. The zero-order valence-corrected chi connectivity index (χ0v) is 9.19. The molecule has 3 heterocycles. The first kappa shape index (κ1) is 9.90. The summed E-state index contributed by atoms with van der Waals surface area (Å²) in [6, 6.07) is 1.74. The van der Waals surface area contributed by atoms with Crippen LogP contribution in [0.5, 0.6) is 0 Å². The van der Waals surface area contributed by atoms with Crippen LogP contribution in [0.25, 0.3) is 0 Å². The van der Waals surface area contributed by atoms with Gasteiger partial charge in [0.2, 0.25) is 0 Å². The summed E-state index contributed by atoms with van der Waals surface area (Å²) in [5, 5.41) is 3.42. The Labute approximate surface area is 94.6 Å². The van der Waals surface area contributed by atoms with Crippen molar-refractivity contribution in [1.29, 1.82) is 0 Å². The van der Waals surface area contributed by atoms with Gasteiger partial charge < -0.3 is 14.6 Å². The first-order valence-corrected chi connectivity index (χ1v) is 5.85. The van der Waals surface area contributed by atoms with Gasteiger partial charge in [0.25, 0.3) is 5.91 Å². The van der Waals surface area contributed by atoms with Crippen LogP contribution < -0.4 is 5.32 Å². The fourth-order valence-electron chi connectivity index (χ4n) is 2.84. The molecule has 1 aromatic rings. The molecule has 2 saturated heterocycles. The van der Waals surface area contributed by atoms with Gasteiger partial charge in [-0.05, 0) is 37.4 Å². The molecule has 0 spiro atoms. The minimum absolute atomic E-state index is 0.116. The Morgan fingerprint density at radius 2 is 2.12 bits per heavy atom. The predicted octanol–water partition coefficient (Wildman–Crippen LogP) is 0.961. The summed E-state index contributed by atoms with van der Waals surface area (Å²) in [5.41, 5.74) is 0.674. The maximum atomic E-state index is 12.1. The van der Waals surface area contributed by atoms with E-state index in [1.165, 1.54) is 12.7 Å². The number of amides is 1. The van der Waals surface area contributed by atoms with Crippen LogP contribution in [0.4, 0.5) is 0 Å². The standard InChI is InChI=1S/C12H16N2O2/c15-12(11-1-2-16-8-11)14-6-9-3-10(7-14)5-13-4-9/h1-2,8-10,13H,3-7H2. The van der Waals surface area contributed by atoms with Crippen molar-refractivity contribution < 1.29 is 9.21 Å². The second-order valence-electron chi connectivity index (χ2n) is 4.85. The fraction of sp³-hybridized carbons (Fsp3) is 0.583. The maximum absolute atomic E-state index is 12.1. The number of piperidine rings is 2. The molecule has 2 bridgehead atoms. The maximum Gasteiger partial charge on any atom is 0.257 e. The molecule has 0 radical (unpaired) electrons. The van der Waals surface area contributed by atoms with Crippen LogP contribution >= 0.6 is 0 Å². The molecule has 1 amide bonds. The summed E-state index contributed by atoms with van der Waals surface area (Å²) in [7, 11) is 0. The van der Waals surface area contributed by atoms with E-state index in [2.05, 4.69) is 5.32 Å². The quantitative estimate of drug-likeness (QED) is 0.766. The number of hydrogen-bond acceptors (Lipinski definition) is 3. The lowest BCUT2D eigenvalue weighted by molar-refractivity contribution is 0.0537. The average molecular weight is 220 g/mol. The minimum atomic E-state index is 0.116. The normalized spacial score (nSPS) is 29.1. The van der Waals surface area contributed by atoms with Crippen molar-refractivity contribution in [2.45, 2.75) is 6.42 Å². The van der Waals surface area contributed by atoms with Crippen molar-refractivity contribution in [1.82, 2.24) is 10.2 Å². The van der Waals surface area contributed by atoms with Gasteiger partial charge >= 0.3 is 0 Å². The summed E-state index contributed by atoms with van der Waals surface area (Å²) in [6.07, 6.45) is 4.35. The first-order valence-electron chi connectivity index (χ1n) is 5.85. The molecule has 86 valence electrons. The number of nitrogens with one attached hydrogen (secondary N) is 1. The van der Waals surface area contributed by atoms with E-state index < -0.39 is 0 Å². The molecule has 16 heavy (non-hydrogen) atoms. The smallest absolute Gasteiger partial charge is 0.257 e. The van der Waals surface area contributed by atoms with E-state index in [0.717, 1.165) is 26.2 Å². The second-order valence-corrected chi connectivity index (χ2v) is 4.85. The molecule has 3 rings (SSSR count). The zero-order valence-electron chi connectivity index (χ0n) is 9.19. The highest BCUT2D eigenvalue weighted by atomic mass is 16.3. The monoisotopic (exact) mass is 220 g/mol. The largest absolute Gasteiger partial charge is 0.472 e. The minimum Gasteiger partial charge on any atom is -0.472 e. The van der Waals surface area contributed by atoms with Gasteiger partial charge in [-0.2, -0.15) is 0 Å². The molecule has 2 aliphatic rings. The van der Waals surface area contributed by atoms with Gasteiger partial charge in [-0.3, -0.25) is 4.79 Å².